The van der Waals surface area contributed by atoms with E-state index in [0.29, 0.717) is 12.8 Å². The van der Waals surface area contributed by atoms with E-state index in [4.69, 9.17) is 0 Å². The van der Waals surface area contributed by atoms with Gasteiger partial charge >= 0.3 is 0 Å². The zero-order chi connectivity index (χ0) is 25.9. The first kappa shape index (κ1) is 30.7. The lowest BCUT2D eigenvalue weighted by molar-refractivity contribution is 0.0966. The molecule has 6 heteroatoms. The number of Topliss-reactive ketones (excluding diaryl/α,β-unsaturated/α-hetero) is 2. The number of ketones is 2. The van der Waals surface area contributed by atoms with E-state index in [0.717, 1.165) is 53.6 Å². The van der Waals surface area contributed by atoms with E-state index in [2.05, 4.69) is 46.2 Å². The summed E-state index contributed by atoms with van der Waals surface area (Å²) in [5.74, 6) is 0.476. The Hall–Kier alpha value is -2.24. The average molecular weight is 582 g/mol. The van der Waals surface area contributed by atoms with Gasteiger partial charge in [0.2, 0.25) is 0 Å². The maximum Gasteiger partial charge on any atom is 0.163 e. The Morgan fingerprint density at radius 3 is 1.82 bits per heavy atom. The molecular weight excluding hydrogens is 539 g/mol. The van der Waals surface area contributed by atoms with Gasteiger partial charge in [0.1, 0.15) is 0 Å². The number of benzene rings is 3. The summed E-state index contributed by atoms with van der Waals surface area (Å²) >= 11 is 0. The van der Waals surface area contributed by atoms with Gasteiger partial charge in [-0.05, 0) is 117 Å². The molecule has 3 aromatic rings. The van der Waals surface area contributed by atoms with Crippen molar-refractivity contribution in [1.82, 2.24) is 9.80 Å². The van der Waals surface area contributed by atoms with Gasteiger partial charge in [0.05, 0.1) is 0 Å². The van der Waals surface area contributed by atoms with Crippen molar-refractivity contribution >= 4 is 47.2 Å². The largest absolute Gasteiger partial charge is 0.303 e. The van der Waals surface area contributed by atoms with Gasteiger partial charge in [0.15, 0.2) is 11.6 Å². The number of hydrogen-bond acceptors (Lipinski definition) is 4. The van der Waals surface area contributed by atoms with E-state index < -0.39 is 0 Å². The molecule has 40 heavy (non-hydrogen) atoms. The Bertz CT molecular complexity index is 1340. The third-order valence-corrected chi connectivity index (χ3v) is 8.92. The minimum absolute atomic E-state index is 0. The molecule has 0 unspecified atom stereocenters. The van der Waals surface area contributed by atoms with E-state index in [1.807, 2.05) is 12.1 Å². The summed E-state index contributed by atoms with van der Waals surface area (Å²) in [7, 11) is 0. The molecule has 214 valence electrons. The van der Waals surface area contributed by atoms with Gasteiger partial charge in [0.25, 0.3) is 0 Å². The van der Waals surface area contributed by atoms with Crippen molar-refractivity contribution in [2.24, 2.45) is 0 Å². The van der Waals surface area contributed by atoms with Crippen molar-refractivity contribution in [3.05, 3.63) is 59.7 Å². The molecule has 4 nitrogen and oxygen atoms in total. The van der Waals surface area contributed by atoms with Crippen LogP contribution in [-0.2, 0) is 0 Å². The SMILES string of the molecule is Cl.Cl.O=C(CCCN1CCCCC1)c1ccc2c(c1)-c1cccc3c(C(=O)CCCN4CCCCC4)ccc-2c13. The zero-order valence-corrected chi connectivity index (χ0v) is 25.1. The number of piperidine rings is 2. The van der Waals surface area contributed by atoms with Crippen LogP contribution >= 0.6 is 24.8 Å². The molecular formula is C34H42Cl2N2O2. The molecule has 2 aliphatic heterocycles. The highest BCUT2D eigenvalue weighted by Crippen LogP contribution is 2.48. The van der Waals surface area contributed by atoms with E-state index in [1.54, 1.807) is 0 Å². The molecule has 0 N–H and O–H groups in total. The molecule has 0 saturated carbocycles. The first-order chi connectivity index (χ1) is 18.7. The first-order valence-corrected chi connectivity index (χ1v) is 14.9. The van der Waals surface area contributed by atoms with Crippen LogP contribution in [0, 0.1) is 0 Å². The van der Waals surface area contributed by atoms with Crippen LogP contribution in [0.4, 0.5) is 0 Å². The second kappa shape index (κ2) is 14.1. The number of fused-ring (bicyclic) bond motifs is 3. The molecule has 0 spiro atoms. The highest BCUT2D eigenvalue weighted by atomic mass is 35.5. The Labute approximate surface area is 251 Å². The summed E-state index contributed by atoms with van der Waals surface area (Å²) in [5, 5.41) is 2.22. The molecule has 3 aromatic carbocycles. The van der Waals surface area contributed by atoms with Gasteiger partial charge in [-0.2, -0.15) is 0 Å². The van der Waals surface area contributed by atoms with Crippen molar-refractivity contribution in [3.63, 3.8) is 0 Å². The summed E-state index contributed by atoms with van der Waals surface area (Å²) in [5.41, 5.74) is 6.28. The average Bonchev–Trinajstić information content (AvgIpc) is 3.29. The fourth-order valence-electron chi connectivity index (χ4n) is 6.85. The van der Waals surface area contributed by atoms with Crippen molar-refractivity contribution in [3.8, 4) is 22.3 Å². The van der Waals surface area contributed by atoms with Crippen LogP contribution in [0.3, 0.4) is 0 Å². The Kier molecular flexibility index (Phi) is 10.8. The van der Waals surface area contributed by atoms with Crippen LogP contribution in [0.5, 0.6) is 0 Å². The van der Waals surface area contributed by atoms with Gasteiger partial charge in [0, 0.05) is 24.0 Å². The van der Waals surface area contributed by atoms with E-state index >= 15 is 0 Å². The number of rotatable bonds is 10. The zero-order valence-electron chi connectivity index (χ0n) is 23.5. The number of carbonyl (C=O) groups excluding carboxylic acids is 2. The fourth-order valence-corrected chi connectivity index (χ4v) is 6.85. The predicted octanol–water partition coefficient (Wildman–Crippen LogP) is 8.23. The monoisotopic (exact) mass is 580 g/mol. The van der Waals surface area contributed by atoms with Gasteiger partial charge in [-0.3, -0.25) is 9.59 Å². The molecule has 2 fully saturated rings. The van der Waals surface area contributed by atoms with Crippen molar-refractivity contribution < 1.29 is 9.59 Å². The van der Waals surface area contributed by atoms with Crippen LogP contribution in [0.1, 0.15) is 84.9 Å². The maximum atomic E-state index is 13.3. The molecule has 0 radical (unpaired) electrons. The minimum Gasteiger partial charge on any atom is -0.303 e. The summed E-state index contributed by atoms with van der Waals surface area (Å²) in [6, 6.07) is 16.7. The van der Waals surface area contributed by atoms with Crippen LogP contribution in [-0.4, -0.2) is 60.6 Å². The number of carbonyl (C=O) groups is 2. The quantitative estimate of drug-likeness (QED) is 0.177. The minimum atomic E-state index is 0. The Morgan fingerprint density at radius 1 is 0.600 bits per heavy atom. The van der Waals surface area contributed by atoms with Gasteiger partial charge in [-0.25, -0.2) is 0 Å². The highest BCUT2D eigenvalue weighted by Gasteiger charge is 2.25. The summed E-state index contributed by atoms with van der Waals surface area (Å²) in [4.78, 5) is 31.4. The van der Waals surface area contributed by atoms with Crippen LogP contribution in [0.2, 0.25) is 0 Å². The lowest BCUT2D eigenvalue weighted by Gasteiger charge is -2.26. The summed E-state index contributed by atoms with van der Waals surface area (Å²) in [6.45, 7) is 6.76. The second-order valence-electron chi connectivity index (χ2n) is 11.5. The van der Waals surface area contributed by atoms with Gasteiger partial charge in [-0.15, -0.1) is 24.8 Å². The molecule has 0 aromatic heterocycles. The Balaban J connectivity index is 0.00000185. The number of halogens is 2. The van der Waals surface area contributed by atoms with Gasteiger partial charge in [-0.1, -0.05) is 55.3 Å². The summed E-state index contributed by atoms with van der Waals surface area (Å²) in [6.07, 6.45) is 10.9. The molecule has 6 rings (SSSR count). The third-order valence-electron chi connectivity index (χ3n) is 8.92. The van der Waals surface area contributed by atoms with Gasteiger partial charge < -0.3 is 9.80 Å². The number of nitrogens with zero attached hydrogens (tertiary/aromatic N) is 2. The van der Waals surface area contributed by atoms with E-state index in [-0.39, 0.29) is 36.4 Å². The smallest absolute Gasteiger partial charge is 0.163 e. The van der Waals surface area contributed by atoms with E-state index in [1.165, 1.54) is 81.2 Å². The first-order valence-electron chi connectivity index (χ1n) is 14.9. The molecule has 2 saturated heterocycles. The molecule has 0 amide bonds. The van der Waals surface area contributed by atoms with Crippen molar-refractivity contribution in [1.29, 1.82) is 0 Å². The molecule has 1 aliphatic carbocycles. The lowest BCUT2D eigenvalue weighted by atomic mass is 9.95. The van der Waals surface area contributed by atoms with Crippen molar-refractivity contribution in [2.75, 3.05) is 39.3 Å². The highest BCUT2D eigenvalue weighted by molar-refractivity contribution is 6.21. The Morgan fingerprint density at radius 2 is 1.18 bits per heavy atom. The topological polar surface area (TPSA) is 40.6 Å². The third kappa shape index (κ3) is 6.46. The van der Waals surface area contributed by atoms with Crippen LogP contribution in [0.15, 0.2) is 48.5 Å². The molecule has 2 heterocycles. The number of likely N-dealkylation sites (tertiary alicyclic amines) is 2. The standard InChI is InChI=1S/C34H40N2O2.2ClH/c37-32(12-8-22-35-18-3-1-4-19-35)25-14-15-26-30-17-16-27(28-10-7-11-29(34(28)30)31(26)24-25)33(38)13-9-23-36-20-5-2-6-21-36;;/h7,10-11,14-17,24H,1-6,8-9,12-13,18-23H2;2*1H. The molecule has 3 aliphatic rings. The summed E-state index contributed by atoms with van der Waals surface area (Å²) < 4.78 is 0. The predicted molar refractivity (Wildman–Crippen MR) is 171 cm³/mol. The maximum absolute atomic E-state index is 13.3. The van der Waals surface area contributed by atoms with Crippen LogP contribution in [0.25, 0.3) is 33.0 Å². The molecule has 0 atom stereocenters. The lowest BCUT2D eigenvalue weighted by Crippen LogP contribution is -2.30. The van der Waals surface area contributed by atoms with Crippen molar-refractivity contribution in [2.45, 2.75) is 64.2 Å². The normalized spacial score (nSPS) is 16.7. The fraction of sp³-hybridized carbons (Fsp3) is 0.471. The van der Waals surface area contributed by atoms with Crippen LogP contribution < -0.4 is 0 Å². The number of hydrogen-bond donors (Lipinski definition) is 0. The molecule has 0 bridgehead atoms. The second-order valence-corrected chi connectivity index (χ2v) is 11.5. The van der Waals surface area contributed by atoms with E-state index in [9.17, 15) is 9.59 Å².